The van der Waals surface area contributed by atoms with Crippen LogP contribution in [-0.4, -0.2) is 48.4 Å². The van der Waals surface area contributed by atoms with E-state index in [1.807, 2.05) is 18.0 Å². The maximum atomic E-state index is 12.7. The summed E-state index contributed by atoms with van der Waals surface area (Å²) in [5.74, 6) is 0.485. The Kier molecular flexibility index (Phi) is 3.51. The molecule has 1 spiro atoms. The second-order valence-electron chi connectivity index (χ2n) is 7.47. The molecule has 1 aromatic heterocycles. The van der Waals surface area contributed by atoms with Gasteiger partial charge >= 0.3 is 0 Å². The van der Waals surface area contributed by atoms with Gasteiger partial charge < -0.3 is 15.5 Å². The number of anilines is 1. The Morgan fingerprint density at radius 2 is 2.08 bits per heavy atom. The van der Waals surface area contributed by atoms with E-state index in [0.717, 1.165) is 62.9 Å². The van der Waals surface area contributed by atoms with Crippen LogP contribution in [0.1, 0.15) is 47.3 Å². The highest BCUT2D eigenvalue weighted by Gasteiger charge is 2.48. The van der Waals surface area contributed by atoms with Gasteiger partial charge in [0.1, 0.15) is 5.82 Å². The second kappa shape index (κ2) is 5.46. The molecular weight excluding hydrogens is 304 g/mol. The molecular formula is C18H24N4O2. The molecule has 6 nitrogen and oxygen atoms in total. The van der Waals surface area contributed by atoms with E-state index in [1.54, 1.807) is 0 Å². The van der Waals surface area contributed by atoms with Crippen molar-refractivity contribution in [2.24, 2.45) is 11.1 Å². The first-order valence-electron chi connectivity index (χ1n) is 8.83. The number of nitrogens with two attached hydrogens (primary N) is 1. The topological polar surface area (TPSA) is 79.5 Å². The summed E-state index contributed by atoms with van der Waals surface area (Å²) in [6.45, 7) is 2.23. The van der Waals surface area contributed by atoms with Crippen molar-refractivity contribution >= 4 is 17.6 Å². The molecule has 2 amide bonds. The molecule has 2 fully saturated rings. The molecule has 6 heteroatoms. The molecule has 1 unspecified atom stereocenters. The molecule has 0 saturated carbocycles. The van der Waals surface area contributed by atoms with Crippen LogP contribution in [-0.2, 0) is 17.6 Å². The van der Waals surface area contributed by atoms with Crippen molar-refractivity contribution in [3.05, 3.63) is 22.9 Å². The van der Waals surface area contributed by atoms with E-state index >= 15 is 0 Å². The molecule has 0 radical (unpaired) electrons. The van der Waals surface area contributed by atoms with Gasteiger partial charge in [0.2, 0.25) is 5.91 Å². The molecule has 1 atom stereocenters. The maximum Gasteiger partial charge on any atom is 0.252 e. The molecule has 1 aliphatic carbocycles. The highest BCUT2D eigenvalue weighted by Crippen LogP contribution is 2.42. The van der Waals surface area contributed by atoms with E-state index in [1.165, 1.54) is 0 Å². The van der Waals surface area contributed by atoms with Crippen molar-refractivity contribution in [2.75, 3.05) is 31.6 Å². The number of piperidine rings is 1. The SMILES string of the molecule is CN1CCCC2(CCN(c3nc4c(cc3C(N)=O)CCC4)C2)C1=O. The first kappa shape index (κ1) is 15.4. The molecule has 0 aromatic carbocycles. The summed E-state index contributed by atoms with van der Waals surface area (Å²) in [5, 5.41) is 0. The Labute approximate surface area is 142 Å². The van der Waals surface area contributed by atoms with Crippen molar-refractivity contribution < 1.29 is 9.59 Å². The van der Waals surface area contributed by atoms with Crippen LogP contribution in [0.3, 0.4) is 0 Å². The number of primary amides is 1. The Morgan fingerprint density at radius 3 is 2.88 bits per heavy atom. The number of carbonyl (C=O) groups excluding carboxylic acids is 2. The van der Waals surface area contributed by atoms with Gasteiger partial charge in [-0.05, 0) is 50.2 Å². The predicted octanol–water partition coefficient (Wildman–Crippen LogP) is 1.12. The molecule has 1 aromatic rings. The Bertz CT molecular complexity index is 717. The summed E-state index contributed by atoms with van der Waals surface area (Å²) in [6.07, 6.45) is 5.79. The Balaban J connectivity index is 1.68. The number of aromatic nitrogens is 1. The summed E-state index contributed by atoms with van der Waals surface area (Å²) < 4.78 is 0. The van der Waals surface area contributed by atoms with Crippen LogP contribution in [0.5, 0.6) is 0 Å². The maximum absolute atomic E-state index is 12.7. The van der Waals surface area contributed by atoms with Gasteiger partial charge in [-0.3, -0.25) is 9.59 Å². The third-order valence-electron chi connectivity index (χ3n) is 5.90. The van der Waals surface area contributed by atoms with Gasteiger partial charge in [-0.2, -0.15) is 0 Å². The average molecular weight is 328 g/mol. The number of amides is 2. The fourth-order valence-electron chi connectivity index (χ4n) is 4.58. The fourth-order valence-corrected chi connectivity index (χ4v) is 4.58. The van der Waals surface area contributed by atoms with Crippen LogP contribution in [0.2, 0.25) is 0 Å². The third-order valence-corrected chi connectivity index (χ3v) is 5.90. The molecule has 24 heavy (non-hydrogen) atoms. The summed E-state index contributed by atoms with van der Waals surface area (Å²) in [7, 11) is 1.88. The van der Waals surface area contributed by atoms with Crippen LogP contribution in [0, 0.1) is 5.41 Å². The highest BCUT2D eigenvalue weighted by atomic mass is 16.2. The van der Waals surface area contributed by atoms with E-state index in [0.29, 0.717) is 17.9 Å². The molecule has 3 heterocycles. The van der Waals surface area contributed by atoms with Gasteiger partial charge in [-0.1, -0.05) is 0 Å². The lowest BCUT2D eigenvalue weighted by molar-refractivity contribution is -0.143. The largest absolute Gasteiger partial charge is 0.365 e. The smallest absolute Gasteiger partial charge is 0.252 e. The van der Waals surface area contributed by atoms with Crippen LogP contribution >= 0.6 is 0 Å². The van der Waals surface area contributed by atoms with Gasteiger partial charge in [0.05, 0.1) is 11.0 Å². The summed E-state index contributed by atoms with van der Waals surface area (Å²) >= 11 is 0. The molecule has 2 N–H and O–H groups in total. The van der Waals surface area contributed by atoms with Gasteiger partial charge in [0.15, 0.2) is 0 Å². The molecule has 2 aliphatic heterocycles. The third kappa shape index (κ3) is 2.27. The minimum absolute atomic E-state index is 0.234. The monoisotopic (exact) mass is 328 g/mol. The lowest BCUT2D eigenvalue weighted by Gasteiger charge is -2.37. The Hall–Kier alpha value is -2.11. The number of hydrogen-bond acceptors (Lipinski definition) is 4. The summed E-state index contributed by atoms with van der Waals surface area (Å²) in [5.41, 5.74) is 8.04. The predicted molar refractivity (Wildman–Crippen MR) is 90.9 cm³/mol. The first-order chi connectivity index (χ1) is 11.5. The number of hydrogen-bond donors (Lipinski definition) is 1. The molecule has 128 valence electrons. The van der Waals surface area contributed by atoms with Crippen molar-refractivity contribution in [1.29, 1.82) is 0 Å². The lowest BCUT2D eigenvalue weighted by Crippen LogP contribution is -2.48. The lowest BCUT2D eigenvalue weighted by atomic mass is 9.78. The number of nitrogens with zero attached hydrogens (tertiary/aromatic N) is 3. The van der Waals surface area contributed by atoms with Crippen molar-refractivity contribution in [3.63, 3.8) is 0 Å². The molecule has 3 aliphatic rings. The fraction of sp³-hybridized carbons (Fsp3) is 0.611. The van der Waals surface area contributed by atoms with Gasteiger partial charge in [0.25, 0.3) is 5.91 Å². The second-order valence-corrected chi connectivity index (χ2v) is 7.47. The van der Waals surface area contributed by atoms with Crippen molar-refractivity contribution in [3.8, 4) is 0 Å². The number of likely N-dealkylation sites (tertiary alicyclic amines) is 1. The summed E-state index contributed by atoms with van der Waals surface area (Å²) in [6, 6.07) is 1.92. The van der Waals surface area contributed by atoms with Gasteiger partial charge in [0, 0.05) is 32.4 Å². The van der Waals surface area contributed by atoms with E-state index in [2.05, 4.69) is 4.90 Å². The zero-order valence-electron chi connectivity index (χ0n) is 14.2. The normalized spacial score (nSPS) is 26.3. The van der Waals surface area contributed by atoms with E-state index in [4.69, 9.17) is 10.7 Å². The minimum atomic E-state index is -0.430. The zero-order chi connectivity index (χ0) is 16.9. The van der Waals surface area contributed by atoms with Gasteiger partial charge in [-0.15, -0.1) is 0 Å². The zero-order valence-corrected chi connectivity index (χ0v) is 14.2. The van der Waals surface area contributed by atoms with E-state index in [-0.39, 0.29) is 11.3 Å². The standard InChI is InChI=1S/C18H24N4O2/c1-21-8-3-6-18(17(21)24)7-9-22(11-18)16-13(15(19)23)10-12-4-2-5-14(12)20-16/h10H,2-9,11H2,1H3,(H2,19,23). The molecule has 2 saturated heterocycles. The van der Waals surface area contributed by atoms with Gasteiger partial charge in [-0.25, -0.2) is 4.98 Å². The highest BCUT2D eigenvalue weighted by molar-refractivity contribution is 5.98. The minimum Gasteiger partial charge on any atom is -0.365 e. The summed E-state index contributed by atoms with van der Waals surface area (Å²) in [4.78, 5) is 33.4. The number of aryl methyl sites for hydroxylation is 2. The van der Waals surface area contributed by atoms with Crippen LogP contribution in [0.15, 0.2) is 6.07 Å². The number of fused-ring (bicyclic) bond motifs is 1. The molecule has 0 bridgehead atoms. The van der Waals surface area contributed by atoms with E-state index < -0.39 is 5.91 Å². The van der Waals surface area contributed by atoms with E-state index in [9.17, 15) is 9.59 Å². The van der Waals surface area contributed by atoms with Crippen LogP contribution < -0.4 is 10.6 Å². The van der Waals surface area contributed by atoms with Crippen molar-refractivity contribution in [2.45, 2.75) is 38.5 Å². The number of carbonyl (C=O) groups is 2. The first-order valence-corrected chi connectivity index (χ1v) is 8.83. The quantitative estimate of drug-likeness (QED) is 0.882. The molecule has 4 rings (SSSR count). The average Bonchev–Trinajstić information content (AvgIpc) is 3.18. The van der Waals surface area contributed by atoms with Crippen LogP contribution in [0.25, 0.3) is 0 Å². The Morgan fingerprint density at radius 1 is 1.25 bits per heavy atom. The van der Waals surface area contributed by atoms with Crippen molar-refractivity contribution in [1.82, 2.24) is 9.88 Å². The number of pyridine rings is 1. The number of rotatable bonds is 2. The van der Waals surface area contributed by atoms with Crippen LogP contribution in [0.4, 0.5) is 5.82 Å².